The molecular weight excluding hydrogens is 226 g/mol. The number of aliphatic carboxylic acids is 1. The summed E-state index contributed by atoms with van der Waals surface area (Å²) in [6, 6.07) is 0. The molecule has 0 spiro atoms. The zero-order chi connectivity index (χ0) is 13.1. The quantitative estimate of drug-likeness (QED) is 0.667. The Balaban J connectivity index is 2.56. The summed E-state index contributed by atoms with van der Waals surface area (Å²) in [6.07, 6.45) is 0.692. The Hall–Kier alpha value is -1.14. The highest BCUT2D eigenvalue weighted by Gasteiger charge is 2.39. The molecule has 1 unspecified atom stereocenters. The van der Waals surface area contributed by atoms with E-state index in [1.807, 2.05) is 0 Å². The van der Waals surface area contributed by atoms with Crippen LogP contribution in [0.4, 0.5) is 0 Å². The van der Waals surface area contributed by atoms with Gasteiger partial charge in [0, 0.05) is 26.7 Å². The standard InChI is InChI=1S/C11H19NO5/c1-10(2,9(14)15)8(13)12-6-11(16-3)4-5-17-7-11/h4-7H2,1-3H3,(H,12,13)(H,14,15). The van der Waals surface area contributed by atoms with E-state index in [9.17, 15) is 9.59 Å². The second-order valence-electron chi connectivity index (χ2n) is 4.80. The van der Waals surface area contributed by atoms with Crippen molar-refractivity contribution in [3.05, 3.63) is 0 Å². The van der Waals surface area contributed by atoms with Gasteiger partial charge in [0.05, 0.1) is 6.61 Å². The predicted molar refractivity (Wildman–Crippen MR) is 59.6 cm³/mol. The van der Waals surface area contributed by atoms with Gasteiger partial charge in [0.1, 0.15) is 11.0 Å². The van der Waals surface area contributed by atoms with E-state index in [2.05, 4.69) is 5.32 Å². The highest BCUT2D eigenvalue weighted by molar-refractivity contribution is 6.00. The fourth-order valence-corrected chi connectivity index (χ4v) is 1.52. The van der Waals surface area contributed by atoms with Crippen LogP contribution in [-0.2, 0) is 19.1 Å². The average Bonchev–Trinajstić information content (AvgIpc) is 2.75. The monoisotopic (exact) mass is 245 g/mol. The van der Waals surface area contributed by atoms with Gasteiger partial charge in [-0.2, -0.15) is 0 Å². The summed E-state index contributed by atoms with van der Waals surface area (Å²) in [5.41, 5.74) is -1.96. The first-order valence-electron chi connectivity index (χ1n) is 5.49. The van der Waals surface area contributed by atoms with E-state index >= 15 is 0 Å². The molecule has 2 N–H and O–H groups in total. The van der Waals surface area contributed by atoms with Gasteiger partial charge in [-0.05, 0) is 13.8 Å². The SMILES string of the molecule is COC1(CNC(=O)C(C)(C)C(=O)O)CCOC1. The molecule has 0 aromatic carbocycles. The van der Waals surface area contributed by atoms with Crippen molar-refractivity contribution >= 4 is 11.9 Å². The van der Waals surface area contributed by atoms with Gasteiger partial charge in [0.2, 0.25) is 5.91 Å². The van der Waals surface area contributed by atoms with E-state index < -0.39 is 22.9 Å². The lowest BCUT2D eigenvalue weighted by Crippen LogP contribution is -2.50. The van der Waals surface area contributed by atoms with Crippen molar-refractivity contribution in [2.45, 2.75) is 25.9 Å². The van der Waals surface area contributed by atoms with E-state index in [0.29, 0.717) is 19.6 Å². The molecule has 98 valence electrons. The summed E-state index contributed by atoms with van der Waals surface area (Å²) in [5, 5.41) is 11.5. The highest BCUT2D eigenvalue weighted by Crippen LogP contribution is 2.22. The van der Waals surface area contributed by atoms with Crippen LogP contribution in [0, 0.1) is 5.41 Å². The third-order valence-corrected chi connectivity index (χ3v) is 3.17. The van der Waals surface area contributed by atoms with Crippen molar-refractivity contribution in [3.63, 3.8) is 0 Å². The van der Waals surface area contributed by atoms with Crippen molar-refractivity contribution in [1.82, 2.24) is 5.32 Å². The number of hydrogen-bond acceptors (Lipinski definition) is 4. The topological polar surface area (TPSA) is 84.9 Å². The number of amides is 1. The van der Waals surface area contributed by atoms with E-state index in [1.54, 1.807) is 7.11 Å². The molecule has 0 radical (unpaired) electrons. The van der Waals surface area contributed by atoms with E-state index in [0.717, 1.165) is 0 Å². The van der Waals surface area contributed by atoms with Crippen LogP contribution in [0.15, 0.2) is 0 Å². The van der Waals surface area contributed by atoms with Crippen molar-refractivity contribution in [2.24, 2.45) is 5.41 Å². The molecule has 17 heavy (non-hydrogen) atoms. The summed E-state index contributed by atoms with van der Waals surface area (Å²) in [4.78, 5) is 22.6. The lowest BCUT2D eigenvalue weighted by Gasteiger charge is -2.28. The molecule has 1 rings (SSSR count). The van der Waals surface area contributed by atoms with Crippen molar-refractivity contribution < 1.29 is 24.2 Å². The van der Waals surface area contributed by atoms with Crippen molar-refractivity contribution in [2.75, 3.05) is 26.9 Å². The Kier molecular flexibility index (Phi) is 4.11. The predicted octanol–water partition coefficient (Wildman–Crippen LogP) is 0.0189. The van der Waals surface area contributed by atoms with Crippen LogP contribution in [-0.4, -0.2) is 49.5 Å². The molecule has 0 saturated carbocycles. The van der Waals surface area contributed by atoms with E-state index in [4.69, 9.17) is 14.6 Å². The molecule has 0 aromatic heterocycles. The van der Waals surface area contributed by atoms with Gasteiger partial charge in [0.25, 0.3) is 0 Å². The Morgan fingerprint density at radius 3 is 2.59 bits per heavy atom. The summed E-state index contributed by atoms with van der Waals surface area (Å²) in [5.74, 6) is -1.67. The normalized spacial score (nSPS) is 24.6. The van der Waals surface area contributed by atoms with Crippen LogP contribution in [0.5, 0.6) is 0 Å². The number of carbonyl (C=O) groups excluding carboxylic acids is 1. The third-order valence-electron chi connectivity index (χ3n) is 3.17. The Morgan fingerprint density at radius 2 is 2.18 bits per heavy atom. The molecule has 0 aromatic rings. The Labute approximate surface area is 100 Å². The average molecular weight is 245 g/mol. The third kappa shape index (κ3) is 2.95. The minimum absolute atomic E-state index is 0.263. The number of carboxylic acid groups (broad SMARTS) is 1. The molecule has 1 fully saturated rings. The molecule has 0 aliphatic carbocycles. The van der Waals surface area contributed by atoms with Crippen LogP contribution in [0.3, 0.4) is 0 Å². The molecule has 1 amide bonds. The Bertz CT molecular complexity index is 307. The lowest BCUT2D eigenvalue weighted by atomic mass is 9.92. The second-order valence-corrected chi connectivity index (χ2v) is 4.80. The highest BCUT2D eigenvalue weighted by atomic mass is 16.5. The minimum atomic E-state index is -1.44. The molecule has 1 saturated heterocycles. The number of carbonyl (C=O) groups is 2. The zero-order valence-corrected chi connectivity index (χ0v) is 10.4. The fraction of sp³-hybridized carbons (Fsp3) is 0.818. The summed E-state index contributed by atoms with van der Waals surface area (Å²) in [7, 11) is 1.56. The van der Waals surface area contributed by atoms with Gasteiger partial charge in [-0.15, -0.1) is 0 Å². The van der Waals surface area contributed by atoms with Crippen LogP contribution < -0.4 is 5.32 Å². The summed E-state index contributed by atoms with van der Waals surface area (Å²) < 4.78 is 10.6. The van der Waals surface area contributed by atoms with Gasteiger partial charge in [-0.3, -0.25) is 9.59 Å². The first-order chi connectivity index (χ1) is 7.84. The van der Waals surface area contributed by atoms with E-state index in [1.165, 1.54) is 13.8 Å². The van der Waals surface area contributed by atoms with Crippen molar-refractivity contribution in [3.8, 4) is 0 Å². The number of methoxy groups -OCH3 is 1. The smallest absolute Gasteiger partial charge is 0.318 e. The fourth-order valence-electron chi connectivity index (χ4n) is 1.52. The molecule has 6 heteroatoms. The molecular formula is C11H19NO5. The van der Waals surface area contributed by atoms with Gasteiger partial charge < -0.3 is 19.9 Å². The number of rotatable bonds is 5. The zero-order valence-electron chi connectivity index (χ0n) is 10.4. The van der Waals surface area contributed by atoms with E-state index in [-0.39, 0.29) is 6.54 Å². The first kappa shape index (κ1) is 13.9. The summed E-state index contributed by atoms with van der Waals surface area (Å²) >= 11 is 0. The number of carboxylic acids is 1. The molecule has 1 atom stereocenters. The van der Waals surface area contributed by atoms with Crippen LogP contribution in [0.25, 0.3) is 0 Å². The number of ether oxygens (including phenoxy) is 2. The van der Waals surface area contributed by atoms with Gasteiger partial charge in [-0.25, -0.2) is 0 Å². The maximum Gasteiger partial charge on any atom is 0.318 e. The van der Waals surface area contributed by atoms with Crippen LogP contribution in [0.1, 0.15) is 20.3 Å². The summed E-state index contributed by atoms with van der Waals surface area (Å²) in [6.45, 7) is 4.01. The Morgan fingerprint density at radius 1 is 1.53 bits per heavy atom. The maximum atomic E-state index is 11.7. The molecule has 1 aliphatic rings. The van der Waals surface area contributed by atoms with Crippen molar-refractivity contribution in [1.29, 1.82) is 0 Å². The maximum absolute atomic E-state index is 11.7. The largest absolute Gasteiger partial charge is 0.480 e. The van der Waals surface area contributed by atoms with Crippen LogP contribution >= 0.6 is 0 Å². The molecule has 6 nitrogen and oxygen atoms in total. The van der Waals surface area contributed by atoms with Gasteiger partial charge >= 0.3 is 5.97 Å². The molecule has 1 aliphatic heterocycles. The van der Waals surface area contributed by atoms with Crippen LogP contribution in [0.2, 0.25) is 0 Å². The lowest BCUT2D eigenvalue weighted by molar-refractivity contribution is -0.153. The molecule has 1 heterocycles. The number of hydrogen-bond donors (Lipinski definition) is 2. The second kappa shape index (κ2) is 5.01. The molecule has 0 bridgehead atoms. The number of nitrogens with one attached hydrogen (secondary N) is 1. The first-order valence-corrected chi connectivity index (χ1v) is 5.49. The van der Waals surface area contributed by atoms with Gasteiger partial charge in [-0.1, -0.05) is 0 Å². The minimum Gasteiger partial charge on any atom is -0.480 e. The van der Waals surface area contributed by atoms with Gasteiger partial charge in [0.15, 0.2) is 0 Å².